The highest BCUT2D eigenvalue weighted by atomic mass is 28.3. The molecule has 1 aliphatic heterocycles. The Morgan fingerprint density at radius 2 is 2.03 bits per heavy atom. The first-order chi connectivity index (χ1) is 15.5. The zero-order chi connectivity index (χ0) is 24.0. The number of aromatic amines is 1. The molecule has 0 aromatic carbocycles. The number of aliphatic hydroxyl groups excluding tert-OH is 1. The number of urea groups is 1. The van der Waals surface area contributed by atoms with Gasteiger partial charge in [0.05, 0.1) is 38.5 Å². The van der Waals surface area contributed by atoms with Crippen LogP contribution >= 0.6 is 0 Å². The predicted molar refractivity (Wildman–Crippen MR) is 131 cm³/mol. The van der Waals surface area contributed by atoms with Gasteiger partial charge < -0.3 is 20.6 Å². The zero-order valence-corrected chi connectivity index (χ0v) is 21.4. The maximum absolute atomic E-state index is 13.3. The van der Waals surface area contributed by atoms with E-state index < -0.39 is 13.6 Å². The number of anilines is 1. The molecule has 0 bridgehead atoms. The second-order valence-electron chi connectivity index (χ2n) is 11.2. The highest BCUT2D eigenvalue weighted by molar-refractivity contribution is 6.83. The number of aliphatic hydroxyl groups is 1. The summed E-state index contributed by atoms with van der Waals surface area (Å²) in [6.45, 7) is 10.9. The van der Waals surface area contributed by atoms with Crippen LogP contribution in [0.5, 0.6) is 0 Å². The van der Waals surface area contributed by atoms with E-state index in [1.54, 1.807) is 4.90 Å². The number of nitrogens with one attached hydrogen (secondary N) is 3. The molecule has 1 saturated carbocycles. The summed E-state index contributed by atoms with van der Waals surface area (Å²) in [5, 5.41) is 23.3. The molecular weight excluding hydrogens is 434 g/mol. The number of carbonyl (C=O) groups excluding carboxylic acids is 2. The molecule has 1 unspecified atom stereocenters. The lowest BCUT2D eigenvalue weighted by Crippen LogP contribution is -2.52. The van der Waals surface area contributed by atoms with E-state index in [-0.39, 0.29) is 35.5 Å². The van der Waals surface area contributed by atoms with Crippen LogP contribution in [0.15, 0.2) is 24.3 Å². The summed E-state index contributed by atoms with van der Waals surface area (Å²) >= 11 is 0. The van der Waals surface area contributed by atoms with Gasteiger partial charge in [0.1, 0.15) is 0 Å². The van der Waals surface area contributed by atoms with Crippen molar-refractivity contribution in [1.82, 2.24) is 20.4 Å². The van der Waals surface area contributed by atoms with Crippen molar-refractivity contribution in [3.63, 3.8) is 0 Å². The Kier molecular flexibility index (Phi) is 6.07. The van der Waals surface area contributed by atoms with Crippen LogP contribution in [0.1, 0.15) is 50.8 Å². The molecule has 8 nitrogen and oxygen atoms in total. The summed E-state index contributed by atoms with van der Waals surface area (Å²) in [6, 6.07) is -0.595. The fraction of sp³-hybridized carbons (Fsp3) is 0.625. The first kappa shape index (κ1) is 23.8. The molecule has 2 atom stereocenters. The second kappa shape index (κ2) is 8.43. The minimum Gasteiger partial charge on any atom is -0.394 e. The third-order valence-electron chi connectivity index (χ3n) is 8.06. The molecule has 3 aliphatic rings. The van der Waals surface area contributed by atoms with Crippen LogP contribution in [0.4, 0.5) is 10.6 Å². The standard InChI is InChI=1S/C24H37N5O3Si/c1-23(2)19-17(14-29(23)22(32)25-18(15-30)16-10-7-6-8-11-16)20(28-27-19)26-21(31)24(12-9-13-24)33(3,4)5/h6-8,10,16,18,30H,9,11-15H2,1-5H3,(H,25,32)(H2,26,27,28,31)/t16?,18-/m1/s1. The van der Waals surface area contributed by atoms with Crippen molar-refractivity contribution in [2.45, 2.75) is 82.3 Å². The summed E-state index contributed by atoms with van der Waals surface area (Å²) in [7, 11) is -1.70. The van der Waals surface area contributed by atoms with Crippen molar-refractivity contribution < 1.29 is 14.7 Å². The highest BCUT2D eigenvalue weighted by Gasteiger charge is 2.54. The van der Waals surface area contributed by atoms with Crippen LogP contribution in [-0.2, 0) is 16.9 Å². The molecule has 0 radical (unpaired) electrons. The van der Waals surface area contributed by atoms with Gasteiger partial charge in [0.15, 0.2) is 5.82 Å². The smallest absolute Gasteiger partial charge is 0.318 e. The van der Waals surface area contributed by atoms with E-state index in [4.69, 9.17) is 0 Å². The molecule has 4 rings (SSSR count). The maximum atomic E-state index is 13.3. The van der Waals surface area contributed by atoms with E-state index in [1.165, 1.54) is 0 Å². The molecule has 9 heteroatoms. The van der Waals surface area contributed by atoms with Crippen molar-refractivity contribution in [3.05, 3.63) is 35.6 Å². The Labute approximate surface area is 196 Å². The van der Waals surface area contributed by atoms with E-state index in [2.05, 4.69) is 40.5 Å². The van der Waals surface area contributed by atoms with E-state index in [0.717, 1.165) is 36.9 Å². The van der Waals surface area contributed by atoms with Gasteiger partial charge in [-0.2, -0.15) is 5.10 Å². The van der Waals surface area contributed by atoms with Crippen molar-refractivity contribution in [2.24, 2.45) is 5.92 Å². The Bertz CT molecular complexity index is 987. The number of H-pyrrole nitrogens is 1. The van der Waals surface area contributed by atoms with E-state index in [1.807, 2.05) is 38.2 Å². The summed E-state index contributed by atoms with van der Waals surface area (Å²) < 4.78 is 0. The van der Waals surface area contributed by atoms with Gasteiger partial charge in [-0.15, -0.1) is 0 Å². The lowest BCUT2D eigenvalue weighted by atomic mass is 9.83. The molecule has 0 spiro atoms. The van der Waals surface area contributed by atoms with Crippen LogP contribution in [0, 0.1) is 5.92 Å². The summed E-state index contributed by atoms with van der Waals surface area (Å²) in [5.74, 6) is 0.659. The number of carbonyl (C=O) groups is 2. The minimum atomic E-state index is -1.70. The van der Waals surface area contributed by atoms with Crippen LogP contribution < -0.4 is 10.6 Å². The monoisotopic (exact) mass is 471 g/mol. The summed E-state index contributed by atoms with van der Waals surface area (Å²) in [5.41, 5.74) is 1.07. The van der Waals surface area contributed by atoms with Crippen LogP contribution in [0.3, 0.4) is 0 Å². The van der Waals surface area contributed by atoms with E-state index in [9.17, 15) is 14.7 Å². The van der Waals surface area contributed by atoms with Crippen LogP contribution in [0.2, 0.25) is 24.7 Å². The Balaban J connectivity index is 1.50. The van der Waals surface area contributed by atoms with Gasteiger partial charge in [0.25, 0.3) is 0 Å². The van der Waals surface area contributed by atoms with Gasteiger partial charge in [-0.1, -0.05) is 50.4 Å². The van der Waals surface area contributed by atoms with Gasteiger partial charge >= 0.3 is 6.03 Å². The third kappa shape index (κ3) is 3.95. The van der Waals surface area contributed by atoms with Crippen LogP contribution in [0.25, 0.3) is 0 Å². The topological polar surface area (TPSA) is 110 Å². The van der Waals surface area contributed by atoms with Gasteiger partial charge in [0.2, 0.25) is 5.91 Å². The summed E-state index contributed by atoms with van der Waals surface area (Å²) in [6.07, 6.45) is 11.7. The lowest BCUT2D eigenvalue weighted by Gasteiger charge is -2.48. The molecular formula is C24H37N5O3Si. The average molecular weight is 472 g/mol. The molecule has 0 saturated heterocycles. The first-order valence-corrected chi connectivity index (χ1v) is 15.4. The van der Waals surface area contributed by atoms with Gasteiger partial charge in [0, 0.05) is 16.5 Å². The molecule has 2 aliphatic carbocycles. The normalized spacial score (nSPS) is 23.6. The first-order valence-electron chi connectivity index (χ1n) is 11.9. The van der Waals surface area contributed by atoms with Gasteiger partial charge in [-0.25, -0.2) is 4.79 Å². The number of nitrogens with zero attached hydrogens (tertiary/aromatic N) is 2. The van der Waals surface area contributed by atoms with Gasteiger partial charge in [-0.05, 0) is 33.1 Å². The zero-order valence-electron chi connectivity index (χ0n) is 20.4. The van der Waals surface area contributed by atoms with Crippen molar-refractivity contribution in [2.75, 3.05) is 11.9 Å². The molecule has 33 heavy (non-hydrogen) atoms. The number of aromatic nitrogens is 2. The van der Waals surface area contributed by atoms with E-state index >= 15 is 0 Å². The molecule has 3 amide bonds. The van der Waals surface area contributed by atoms with E-state index in [0.29, 0.717) is 12.4 Å². The largest absolute Gasteiger partial charge is 0.394 e. The van der Waals surface area contributed by atoms with Crippen molar-refractivity contribution >= 4 is 25.8 Å². The molecule has 180 valence electrons. The number of rotatable bonds is 6. The number of fused-ring (bicyclic) bond motifs is 1. The average Bonchev–Trinajstić information content (AvgIpc) is 3.23. The number of hydrogen-bond donors (Lipinski definition) is 4. The maximum Gasteiger partial charge on any atom is 0.318 e. The fourth-order valence-electron chi connectivity index (χ4n) is 5.44. The van der Waals surface area contributed by atoms with Gasteiger partial charge in [-0.3, -0.25) is 9.89 Å². The number of hydrogen-bond acceptors (Lipinski definition) is 4. The predicted octanol–water partition coefficient (Wildman–Crippen LogP) is 3.86. The molecule has 2 heterocycles. The Hall–Kier alpha value is -2.39. The molecule has 1 aromatic rings. The third-order valence-corrected chi connectivity index (χ3v) is 11.7. The minimum absolute atomic E-state index is 0.0595. The van der Waals surface area contributed by atoms with Crippen molar-refractivity contribution in [3.8, 4) is 0 Å². The van der Waals surface area contributed by atoms with Crippen LogP contribution in [-0.4, -0.2) is 52.9 Å². The highest BCUT2D eigenvalue weighted by Crippen LogP contribution is 2.56. The number of amides is 3. The quantitative estimate of drug-likeness (QED) is 0.472. The summed E-state index contributed by atoms with van der Waals surface area (Å²) in [4.78, 5) is 28.3. The SMILES string of the molecule is CC1(C)c2[nH]nc(NC(=O)C3([Si](C)(C)C)CCC3)c2CN1C(=O)N[C@H](CO)C1C=CC=CC1. The van der Waals surface area contributed by atoms with Crippen molar-refractivity contribution in [1.29, 1.82) is 0 Å². The molecule has 1 fully saturated rings. The molecule has 4 N–H and O–H groups in total. The fourth-order valence-corrected chi connectivity index (χ4v) is 8.04. The Morgan fingerprint density at radius 3 is 2.58 bits per heavy atom. The second-order valence-corrected chi connectivity index (χ2v) is 16.6. The number of allylic oxidation sites excluding steroid dienone is 3. The lowest BCUT2D eigenvalue weighted by molar-refractivity contribution is -0.121. The Morgan fingerprint density at radius 1 is 1.30 bits per heavy atom. The molecule has 1 aromatic heterocycles.